The number of primary amides is 1. The average molecular weight is 495 g/mol. The van der Waals surface area contributed by atoms with E-state index in [4.69, 9.17) is 19.9 Å². The van der Waals surface area contributed by atoms with Gasteiger partial charge in [0.25, 0.3) is 5.91 Å². The number of rotatable bonds is 10. The van der Waals surface area contributed by atoms with Crippen LogP contribution in [0.4, 0.5) is 4.39 Å². The van der Waals surface area contributed by atoms with Gasteiger partial charge in [0, 0.05) is 25.2 Å². The smallest absolute Gasteiger partial charge is 0.255 e. The minimum absolute atomic E-state index is 0.219. The number of ether oxygens (including phenoxy) is 3. The van der Waals surface area contributed by atoms with Crippen LogP contribution in [-0.4, -0.2) is 47.8 Å². The van der Waals surface area contributed by atoms with Gasteiger partial charge in [0.1, 0.15) is 35.8 Å². The van der Waals surface area contributed by atoms with Crippen LogP contribution in [0.3, 0.4) is 0 Å². The Kier molecular flexibility index (Phi) is 8.76. The Hall–Kier alpha value is -3.62. The molecule has 8 heteroatoms. The van der Waals surface area contributed by atoms with Gasteiger partial charge in [0.05, 0.1) is 6.10 Å². The number of likely N-dealkylation sites (tertiary alicyclic amines) is 1. The highest BCUT2D eigenvalue weighted by molar-refractivity contribution is 5.75. The van der Waals surface area contributed by atoms with E-state index in [1.54, 1.807) is 18.2 Å². The maximum atomic E-state index is 13.2. The molecule has 1 aliphatic heterocycles. The number of carbonyl (C=O) groups excluding carboxylic acids is 1. The van der Waals surface area contributed by atoms with Crippen molar-refractivity contribution >= 4 is 5.91 Å². The Balaban J connectivity index is 1.43. The minimum atomic E-state index is -0.647. The second kappa shape index (κ2) is 12.4. The molecule has 1 aliphatic rings. The van der Waals surface area contributed by atoms with Crippen LogP contribution in [0.1, 0.15) is 24.0 Å². The van der Waals surface area contributed by atoms with Gasteiger partial charge in [0.15, 0.2) is 6.61 Å². The molecule has 0 unspecified atom stereocenters. The summed E-state index contributed by atoms with van der Waals surface area (Å²) in [6.45, 7) is 2.07. The summed E-state index contributed by atoms with van der Waals surface area (Å²) in [6.07, 6.45) is 0.0751. The predicted molar refractivity (Wildman–Crippen MR) is 133 cm³/mol. The Labute approximate surface area is 210 Å². The van der Waals surface area contributed by atoms with Crippen molar-refractivity contribution in [2.24, 2.45) is 5.73 Å². The lowest BCUT2D eigenvalue weighted by Gasteiger charge is -2.22. The first kappa shape index (κ1) is 25.5. The molecule has 1 fully saturated rings. The zero-order chi connectivity index (χ0) is 25.3. The standard InChI is InChI=1S/C28H31FN2O5/c29-22-6-8-23(9-7-22)36-27-13-15-31(14-12-25(27)32)17-21-16-24(10-11-26(21)35-19-28(30)33)34-18-20-4-2-1-3-5-20/h1-11,16,25,27,32H,12-15,17-19H2,(H2,30,33)/t25-,27-/m0/s1. The minimum Gasteiger partial charge on any atom is -0.489 e. The molecule has 190 valence electrons. The number of carbonyl (C=O) groups is 1. The van der Waals surface area contributed by atoms with Crippen LogP contribution < -0.4 is 19.9 Å². The summed E-state index contributed by atoms with van der Waals surface area (Å²) in [5.41, 5.74) is 7.19. The molecule has 0 saturated carbocycles. The third-order valence-electron chi connectivity index (χ3n) is 6.05. The van der Waals surface area contributed by atoms with E-state index in [-0.39, 0.29) is 12.4 Å². The quantitative estimate of drug-likeness (QED) is 0.447. The van der Waals surface area contributed by atoms with Gasteiger partial charge in [-0.1, -0.05) is 30.3 Å². The van der Waals surface area contributed by atoms with Gasteiger partial charge >= 0.3 is 0 Å². The summed E-state index contributed by atoms with van der Waals surface area (Å²) < 4.78 is 30.8. The Morgan fingerprint density at radius 1 is 0.972 bits per heavy atom. The number of aliphatic hydroxyl groups excluding tert-OH is 1. The molecule has 4 rings (SSSR count). The molecule has 3 aromatic rings. The molecule has 3 aromatic carbocycles. The van der Waals surface area contributed by atoms with Gasteiger partial charge in [-0.3, -0.25) is 9.69 Å². The first-order chi connectivity index (χ1) is 17.5. The number of nitrogens with two attached hydrogens (primary N) is 1. The summed E-state index contributed by atoms with van der Waals surface area (Å²) in [7, 11) is 0. The van der Waals surface area contributed by atoms with Gasteiger partial charge in [-0.25, -0.2) is 4.39 Å². The fourth-order valence-corrected chi connectivity index (χ4v) is 4.14. The number of benzene rings is 3. The molecular formula is C28H31FN2O5. The van der Waals surface area contributed by atoms with Gasteiger partial charge in [-0.05, 0) is 60.9 Å². The van der Waals surface area contributed by atoms with Crippen LogP contribution in [0.15, 0.2) is 72.8 Å². The van der Waals surface area contributed by atoms with Crippen LogP contribution in [-0.2, 0) is 17.9 Å². The summed E-state index contributed by atoms with van der Waals surface area (Å²) in [6, 6.07) is 21.2. The van der Waals surface area contributed by atoms with Gasteiger partial charge < -0.3 is 25.1 Å². The van der Waals surface area contributed by atoms with E-state index in [0.29, 0.717) is 56.3 Å². The predicted octanol–water partition coefficient (Wildman–Crippen LogP) is 3.67. The Morgan fingerprint density at radius 2 is 1.69 bits per heavy atom. The SMILES string of the molecule is NC(=O)COc1ccc(OCc2ccccc2)cc1CN1CC[C@H](Oc2ccc(F)cc2)[C@@H](O)CC1. The summed E-state index contributed by atoms with van der Waals surface area (Å²) in [5.74, 6) is 0.889. The fourth-order valence-electron chi connectivity index (χ4n) is 4.14. The van der Waals surface area contributed by atoms with Gasteiger partial charge in [-0.15, -0.1) is 0 Å². The number of nitrogens with zero attached hydrogens (tertiary/aromatic N) is 1. The average Bonchev–Trinajstić information content (AvgIpc) is 3.05. The van der Waals surface area contributed by atoms with Crippen LogP contribution in [0.25, 0.3) is 0 Å². The number of aliphatic hydroxyl groups is 1. The molecule has 1 saturated heterocycles. The van der Waals surface area contributed by atoms with Crippen molar-refractivity contribution in [3.63, 3.8) is 0 Å². The molecule has 0 bridgehead atoms. The molecule has 0 aliphatic carbocycles. The monoisotopic (exact) mass is 494 g/mol. The highest BCUT2D eigenvalue weighted by Crippen LogP contribution is 2.28. The van der Waals surface area contributed by atoms with Crippen LogP contribution in [0, 0.1) is 5.82 Å². The van der Waals surface area contributed by atoms with E-state index in [2.05, 4.69) is 4.90 Å². The summed E-state index contributed by atoms with van der Waals surface area (Å²) in [4.78, 5) is 13.5. The van der Waals surface area contributed by atoms with Crippen molar-refractivity contribution in [2.75, 3.05) is 19.7 Å². The number of hydrogen-bond donors (Lipinski definition) is 2. The third-order valence-corrected chi connectivity index (χ3v) is 6.05. The van der Waals surface area contributed by atoms with E-state index < -0.39 is 18.1 Å². The van der Waals surface area contributed by atoms with Crippen molar-refractivity contribution in [1.29, 1.82) is 0 Å². The van der Waals surface area contributed by atoms with Crippen LogP contribution in [0.2, 0.25) is 0 Å². The molecule has 2 atom stereocenters. The lowest BCUT2D eigenvalue weighted by Crippen LogP contribution is -2.31. The summed E-state index contributed by atoms with van der Waals surface area (Å²) >= 11 is 0. The second-order valence-electron chi connectivity index (χ2n) is 8.83. The molecule has 0 radical (unpaired) electrons. The van der Waals surface area contributed by atoms with Crippen molar-refractivity contribution in [2.45, 2.75) is 38.2 Å². The van der Waals surface area contributed by atoms with Crippen LogP contribution in [0.5, 0.6) is 17.2 Å². The van der Waals surface area contributed by atoms with E-state index in [9.17, 15) is 14.3 Å². The molecule has 7 nitrogen and oxygen atoms in total. The van der Waals surface area contributed by atoms with Crippen molar-refractivity contribution in [1.82, 2.24) is 4.90 Å². The molecule has 36 heavy (non-hydrogen) atoms. The van der Waals surface area contributed by atoms with Crippen molar-refractivity contribution in [3.8, 4) is 17.2 Å². The number of hydrogen-bond acceptors (Lipinski definition) is 6. The molecule has 0 spiro atoms. The summed E-state index contributed by atoms with van der Waals surface area (Å²) in [5, 5.41) is 10.6. The fraction of sp³-hybridized carbons (Fsp3) is 0.321. The molecule has 1 amide bonds. The van der Waals surface area contributed by atoms with Gasteiger partial charge in [-0.2, -0.15) is 0 Å². The first-order valence-corrected chi connectivity index (χ1v) is 12.0. The number of halogens is 1. The lowest BCUT2D eigenvalue weighted by atomic mass is 10.1. The highest BCUT2D eigenvalue weighted by atomic mass is 19.1. The number of amides is 1. The van der Waals surface area contributed by atoms with E-state index in [1.807, 2.05) is 42.5 Å². The zero-order valence-electron chi connectivity index (χ0n) is 20.0. The highest BCUT2D eigenvalue weighted by Gasteiger charge is 2.27. The largest absolute Gasteiger partial charge is 0.489 e. The molecular weight excluding hydrogens is 463 g/mol. The molecule has 1 heterocycles. The first-order valence-electron chi connectivity index (χ1n) is 12.0. The zero-order valence-corrected chi connectivity index (χ0v) is 20.0. The maximum absolute atomic E-state index is 13.2. The van der Waals surface area contributed by atoms with E-state index >= 15 is 0 Å². The normalized spacial score (nSPS) is 18.3. The molecule has 3 N–H and O–H groups in total. The van der Waals surface area contributed by atoms with Crippen molar-refractivity contribution < 1.29 is 28.5 Å². The van der Waals surface area contributed by atoms with E-state index in [0.717, 1.165) is 11.1 Å². The third kappa shape index (κ3) is 7.44. The van der Waals surface area contributed by atoms with Gasteiger partial charge in [0.2, 0.25) is 0 Å². The molecule has 0 aromatic heterocycles. The maximum Gasteiger partial charge on any atom is 0.255 e. The second-order valence-corrected chi connectivity index (χ2v) is 8.83. The van der Waals surface area contributed by atoms with Crippen LogP contribution >= 0.6 is 0 Å². The Bertz CT molecular complexity index is 1130. The lowest BCUT2D eigenvalue weighted by molar-refractivity contribution is -0.119. The Morgan fingerprint density at radius 3 is 2.44 bits per heavy atom. The topological polar surface area (TPSA) is 94.3 Å². The van der Waals surface area contributed by atoms with E-state index in [1.165, 1.54) is 12.1 Å². The van der Waals surface area contributed by atoms with Crippen molar-refractivity contribution in [3.05, 3.63) is 89.7 Å².